The summed E-state index contributed by atoms with van der Waals surface area (Å²) in [5.41, 5.74) is 1.38. The number of fused-ring (bicyclic) bond motifs is 8. The quantitative estimate of drug-likeness (QED) is 0.233. The molecule has 5 nitrogen and oxygen atoms in total. The second kappa shape index (κ2) is 8.52. The first-order valence-electron chi connectivity index (χ1n) is 9.60. The molecule has 0 N–H and O–H groups in total. The van der Waals surface area contributed by atoms with Crippen molar-refractivity contribution in [3.05, 3.63) is 96.2 Å². The van der Waals surface area contributed by atoms with Crippen LogP contribution in [0.5, 0.6) is 34.9 Å². The molecule has 0 amide bonds. The predicted octanol–water partition coefficient (Wildman–Crippen LogP) is 6.09. The number of ether oxygens (including phenoxy) is 3. The van der Waals surface area contributed by atoms with Crippen molar-refractivity contribution in [3.63, 3.8) is 0 Å². The molecular weight excluding hydrogens is 571 g/mol. The second-order valence-electron chi connectivity index (χ2n) is 7.41. The molecule has 0 radical (unpaired) electrons. The number of nitrogens with zero attached hydrogens (tertiary/aromatic N) is 2. The van der Waals surface area contributed by atoms with Crippen molar-refractivity contribution >= 4 is 0 Å². The number of hydrogen-bond acceptors (Lipinski definition) is 5. The average molecular weight is 590 g/mol. The molecule has 6 heteroatoms. The number of hydrogen-bond donors (Lipinski definition) is 0. The minimum absolute atomic E-state index is 0. The van der Waals surface area contributed by atoms with E-state index < -0.39 is 5.41 Å². The first kappa shape index (κ1) is 21.1. The Hall–Kier alpha value is -3.17. The summed E-state index contributed by atoms with van der Waals surface area (Å²) in [4.78, 5) is 9.16. The normalized spacial score (nSPS) is 13.6. The van der Waals surface area contributed by atoms with Gasteiger partial charge in [-0.1, -0.05) is 32.0 Å². The van der Waals surface area contributed by atoms with Crippen molar-refractivity contribution in [2.24, 2.45) is 0 Å². The zero-order valence-corrected chi connectivity index (χ0v) is 19.1. The monoisotopic (exact) mass is 589 g/mol. The van der Waals surface area contributed by atoms with Crippen LogP contribution in [-0.2, 0) is 26.5 Å². The van der Waals surface area contributed by atoms with Gasteiger partial charge in [0.25, 0.3) is 0 Å². The van der Waals surface area contributed by atoms with E-state index in [-0.39, 0.29) is 21.1 Å². The Morgan fingerprint density at radius 2 is 1.10 bits per heavy atom. The van der Waals surface area contributed by atoms with Gasteiger partial charge >= 0.3 is 21.1 Å². The van der Waals surface area contributed by atoms with Crippen molar-refractivity contribution in [1.82, 2.24) is 9.97 Å². The number of rotatable bonds is 0. The zero-order chi connectivity index (χ0) is 20.6. The van der Waals surface area contributed by atoms with Gasteiger partial charge in [-0.3, -0.25) is 0 Å². The van der Waals surface area contributed by atoms with E-state index in [1.807, 2.05) is 48.5 Å². The largest absolute Gasteiger partial charge is 2.00 e. The Kier molecular flexibility index (Phi) is 5.79. The van der Waals surface area contributed by atoms with Crippen molar-refractivity contribution in [2.75, 3.05) is 0 Å². The Bertz CT molecular complexity index is 1130. The van der Waals surface area contributed by atoms with Crippen molar-refractivity contribution in [3.8, 4) is 34.9 Å². The van der Waals surface area contributed by atoms with Gasteiger partial charge in [0.05, 0.1) is 5.69 Å². The summed E-state index contributed by atoms with van der Waals surface area (Å²) in [6.07, 6.45) is 0. The maximum Gasteiger partial charge on any atom is 2.00 e. The molecule has 0 saturated heterocycles. The Morgan fingerprint density at radius 1 is 0.613 bits per heavy atom. The summed E-state index contributed by atoms with van der Waals surface area (Å²) >= 11 is 0. The zero-order valence-electron chi connectivity index (χ0n) is 16.9. The fourth-order valence-electron chi connectivity index (χ4n) is 3.22. The SMILES string of the molecule is CC1(C)c2[c-]c(ccc2)Oc2cccc(n2)Oc2[c-]c(ccc2)Oc2cccc1n2.[Pt+2]. The molecular formula is C25H18N2O3Pt. The fourth-order valence-corrected chi connectivity index (χ4v) is 3.22. The molecule has 0 unspecified atom stereocenters. The van der Waals surface area contributed by atoms with Gasteiger partial charge in [-0.05, 0) is 6.07 Å². The van der Waals surface area contributed by atoms with E-state index in [4.69, 9.17) is 19.2 Å². The van der Waals surface area contributed by atoms with Gasteiger partial charge in [0.1, 0.15) is 0 Å². The maximum absolute atomic E-state index is 5.96. The molecule has 1 aliphatic rings. The Labute approximate surface area is 195 Å². The minimum atomic E-state index is -0.417. The molecule has 5 rings (SSSR count). The topological polar surface area (TPSA) is 53.5 Å². The van der Waals surface area contributed by atoms with E-state index >= 15 is 0 Å². The van der Waals surface area contributed by atoms with Gasteiger partial charge in [0.2, 0.25) is 17.6 Å². The molecule has 0 saturated carbocycles. The molecule has 4 aromatic rings. The average Bonchev–Trinajstić information content (AvgIpc) is 2.74. The van der Waals surface area contributed by atoms with E-state index in [0.29, 0.717) is 34.9 Å². The van der Waals surface area contributed by atoms with E-state index in [1.54, 1.807) is 24.3 Å². The summed E-state index contributed by atoms with van der Waals surface area (Å²) in [6.45, 7) is 4.19. The molecule has 2 aromatic heterocycles. The van der Waals surface area contributed by atoms with E-state index in [0.717, 1.165) is 11.3 Å². The van der Waals surface area contributed by atoms with Gasteiger partial charge in [0.15, 0.2) is 0 Å². The molecule has 31 heavy (non-hydrogen) atoms. The van der Waals surface area contributed by atoms with Crippen LogP contribution in [-0.4, -0.2) is 9.97 Å². The standard InChI is InChI=1S/C25H18N2O3.Pt/c1-25(2)17-7-3-8-18(15-17)28-23-13-6-14-24(27-23)30-20-10-4-9-19(16-20)29-22-12-5-11-21(25)26-22;/h3-14H,1-2H3;/q-2;+2. The van der Waals surface area contributed by atoms with Crippen molar-refractivity contribution < 1.29 is 35.3 Å². The first-order chi connectivity index (χ1) is 14.6. The van der Waals surface area contributed by atoms with E-state index in [9.17, 15) is 0 Å². The fraction of sp³-hybridized carbons (Fsp3) is 0.120. The molecule has 0 atom stereocenters. The van der Waals surface area contributed by atoms with Crippen molar-refractivity contribution in [1.29, 1.82) is 0 Å². The second-order valence-corrected chi connectivity index (χ2v) is 7.41. The molecule has 0 spiro atoms. The molecule has 3 heterocycles. The molecule has 156 valence electrons. The van der Waals surface area contributed by atoms with E-state index in [2.05, 4.69) is 31.0 Å². The van der Waals surface area contributed by atoms with Crippen LogP contribution < -0.4 is 14.2 Å². The molecule has 8 bridgehead atoms. The third kappa shape index (κ3) is 4.47. The summed E-state index contributed by atoms with van der Waals surface area (Å²) in [5.74, 6) is 2.84. The number of benzene rings is 2. The van der Waals surface area contributed by atoms with Crippen LogP contribution in [0.15, 0.2) is 72.8 Å². The van der Waals surface area contributed by atoms with Gasteiger partial charge in [0, 0.05) is 40.9 Å². The molecule has 0 aliphatic carbocycles. The van der Waals surface area contributed by atoms with Crippen LogP contribution in [0.2, 0.25) is 0 Å². The van der Waals surface area contributed by atoms with Crippen LogP contribution in [0.1, 0.15) is 25.1 Å². The third-order valence-electron chi connectivity index (χ3n) is 4.89. The van der Waals surface area contributed by atoms with Crippen LogP contribution in [0.4, 0.5) is 0 Å². The van der Waals surface area contributed by atoms with Crippen LogP contribution >= 0.6 is 0 Å². The third-order valence-corrected chi connectivity index (χ3v) is 4.89. The van der Waals surface area contributed by atoms with Gasteiger partial charge < -0.3 is 14.2 Å². The minimum Gasteiger partial charge on any atom is -0.466 e. The molecule has 2 aromatic carbocycles. The van der Waals surface area contributed by atoms with Crippen LogP contribution in [0.3, 0.4) is 0 Å². The maximum atomic E-state index is 5.96. The number of pyridine rings is 2. The first-order valence-corrected chi connectivity index (χ1v) is 9.60. The summed E-state index contributed by atoms with van der Waals surface area (Å²) in [7, 11) is 0. The molecule has 1 aliphatic heterocycles. The Balaban J connectivity index is 0.00000231. The van der Waals surface area contributed by atoms with Gasteiger partial charge in [-0.2, -0.15) is 23.2 Å². The van der Waals surface area contributed by atoms with Crippen LogP contribution in [0.25, 0.3) is 0 Å². The van der Waals surface area contributed by atoms with Crippen molar-refractivity contribution in [2.45, 2.75) is 19.3 Å². The summed E-state index contributed by atoms with van der Waals surface area (Å²) < 4.78 is 17.8. The smallest absolute Gasteiger partial charge is 0.466 e. The summed E-state index contributed by atoms with van der Waals surface area (Å²) in [6, 6.07) is 28.7. The molecule has 0 fully saturated rings. The van der Waals surface area contributed by atoms with Crippen LogP contribution in [0, 0.1) is 12.1 Å². The van der Waals surface area contributed by atoms with E-state index in [1.165, 1.54) is 0 Å². The predicted molar refractivity (Wildman–Crippen MR) is 111 cm³/mol. The van der Waals surface area contributed by atoms with Gasteiger partial charge in [-0.15, -0.1) is 29.8 Å². The van der Waals surface area contributed by atoms with Gasteiger partial charge in [-0.25, -0.2) is 4.98 Å². The number of aromatic nitrogens is 2. The Morgan fingerprint density at radius 3 is 1.74 bits per heavy atom. The summed E-state index contributed by atoms with van der Waals surface area (Å²) in [5, 5.41) is 0.